The molecule has 0 radical (unpaired) electrons. The maximum Gasteiger partial charge on any atom is 0.270 e. The van der Waals surface area contributed by atoms with Gasteiger partial charge in [-0.05, 0) is 29.8 Å². The van der Waals surface area contributed by atoms with E-state index < -0.39 is 0 Å². The van der Waals surface area contributed by atoms with Gasteiger partial charge in [0.25, 0.3) is 5.91 Å². The Morgan fingerprint density at radius 3 is 2.74 bits per heavy atom. The number of pyridine rings is 1. The van der Waals surface area contributed by atoms with Gasteiger partial charge in [0.1, 0.15) is 11.4 Å². The molecule has 23 heavy (non-hydrogen) atoms. The zero-order valence-electron chi connectivity index (χ0n) is 13.2. The molecule has 0 atom stereocenters. The lowest BCUT2D eigenvalue weighted by molar-refractivity contribution is -0.129. The molecule has 0 unspecified atom stereocenters. The van der Waals surface area contributed by atoms with Crippen molar-refractivity contribution in [2.75, 3.05) is 20.7 Å². The molecule has 2 amide bonds. The van der Waals surface area contributed by atoms with Crippen LogP contribution in [0.25, 0.3) is 0 Å². The molecule has 0 aliphatic carbocycles. The number of nitrogens with zero attached hydrogens (tertiary/aromatic N) is 2. The van der Waals surface area contributed by atoms with Crippen molar-refractivity contribution in [3.8, 4) is 5.75 Å². The van der Waals surface area contributed by atoms with Crippen LogP contribution in [-0.2, 0) is 11.3 Å². The molecular formula is C17H19N3O3. The first-order valence-corrected chi connectivity index (χ1v) is 7.16. The first kappa shape index (κ1) is 16.5. The van der Waals surface area contributed by atoms with Crippen molar-refractivity contribution in [1.82, 2.24) is 15.2 Å². The Morgan fingerprint density at radius 2 is 2.04 bits per heavy atom. The van der Waals surface area contributed by atoms with E-state index in [1.54, 1.807) is 37.3 Å². The van der Waals surface area contributed by atoms with Gasteiger partial charge in [0.05, 0.1) is 13.7 Å². The van der Waals surface area contributed by atoms with Gasteiger partial charge >= 0.3 is 0 Å². The maximum absolute atomic E-state index is 12.1. The van der Waals surface area contributed by atoms with E-state index >= 15 is 0 Å². The van der Waals surface area contributed by atoms with Crippen LogP contribution in [-0.4, -0.2) is 42.4 Å². The molecule has 1 aromatic carbocycles. The number of hydrogen-bond acceptors (Lipinski definition) is 4. The Kier molecular flexibility index (Phi) is 5.68. The van der Waals surface area contributed by atoms with Crippen LogP contribution in [0.1, 0.15) is 16.1 Å². The maximum atomic E-state index is 12.1. The summed E-state index contributed by atoms with van der Waals surface area (Å²) in [4.78, 5) is 29.4. The third-order valence-corrected chi connectivity index (χ3v) is 3.28. The molecule has 1 aromatic heterocycles. The molecule has 2 rings (SSSR count). The number of benzene rings is 1. The fourth-order valence-corrected chi connectivity index (χ4v) is 2.01. The second kappa shape index (κ2) is 7.93. The Bertz CT molecular complexity index is 674. The van der Waals surface area contributed by atoms with Crippen LogP contribution < -0.4 is 10.1 Å². The summed E-state index contributed by atoms with van der Waals surface area (Å²) in [6.07, 6.45) is 1.53. The van der Waals surface area contributed by atoms with E-state index in [-0.39, 0.29) is 24.1 Å². The smallest absolute Gasteiger partial charge is 0.270 e. The number of methoxy groups -OCH3 is 1. The van der Waals surface area contributed by atoms with Gasteiger partial charge < -0.3 is 15.0 Å². The number of carbonyl (C=O) groups excluding carboxylic acids is 2. The molecule has 6 heteroatoms. The van der Waals surface area contributed by atoms with E-state index in [0.717, 1.165) is 11.3 Å². The number of hydrogen-bond donors (Lipinski definition) is 1. The molecule has 0 aliphatic rings. The Morgan fingerprint density at radius 1 is 1.22 bits per heavy atom. The summed E-state index contributed by atoms with van der Waals surface area (Å²) in [5.41, 5.74) is 1.24. The highest BCUT2D eigenvalue weighted by atomic mass is 16.5. The number of carbonyl (C=O) groups is 2. The monoisotopic (exact) mass is 313 g/mol. The van der Waals surface area contributed by atoms with Crippen LogP contribution in [0.2, 0.25) is 0 Å². The lowest BCUT2D eigenvalue weighted by atomic mass is 10.2. The molecule has 0 saturated carbocycles. The van der Waals surface area contributed by atoms with Crippen molar-refractivity contribution in [3.05, 3.63) is 59.9 Å². The Balaban J connectivity index is 1.86. The quantitative estimate of drug-likeness (QED) is 0.877. The van der Waals surface area contributed by atoms with Crippen molar-refractivity contribution < 1.29 is 14.3 Å². The minimum atomic E-state index is -0.367. The lowest BCUT2D eigenvalue weighted by Gasteiger charge is -2.18. The predicted molar refractivity (Wildman–Crippen MR) is 86.0 cm³/mol. The third-order valence-electron chi connectivity index (χ3n) is 3.28. The molecule has 0 bridgehead atoms. The average Bonchev–Trinajstić information content (AvgIpc) is 2.60. The van der Waals surface area contributed by atoms with Gasteiger partial charge in [-0.15, -0.1) is 0 Å². The van der Waals surface area contributed by atoms with E-state index in [4.69, 9.17) is 4.74 Å². The van der Waals surface area contributed by atoms with Crippen LogP contribution in [0.3, 0.4) is 0 Å². The zero-order valence-corrected chi connectivity index (χ0v) is 13.2. The van der Waals surface area contributed by atoms with Gasteiger partial charge in [-0.25, -0.2) is 0 Å². The molecular weight excluding hydrogens is 294 g/mol. The topological polar surface area (TPSA) is 71.5 Å². The standard InChI is InChI=1S/C17H19N3O3/c1-20(12-13-6-5-7-14(10-13)23-2)16(21)11-19-17(22)15-8-3-4-9-18-15/h3-10H,11-12H2,1-2H3,(H,19,22). The number of likely N-dealkylation sites (N-methyl/N-ethyl adjacent to an activating group) is 1. The number of nitrogens with one attached hydrogen (secondary N) is 1. The van der Waals surface area contributed by atoms with Gasteiger partial charge in [0, 0.05) is 19.8 Å². The minimum absolute atomic E-state index is 0.0735. The summed E-state index contributed by atoms with van der Waals surface area (Å²) in [7, 11) is 3.29. The number of amides is 2. The second-order valence-corrected chi connectivity index (χ2v) is 5.00. The van der Waals surface area contributed by atoms with Crippen LogP contribution in [0.15, 0.2) is 48.7 Å². The average molecular weight is 313 g/mol. The first-order valence-electron chi connectivity index (χ1n) is 7.16. The van der Waals surface area contributed by atoms with Crippen LogP contribution in [0, 0.1) is 0 Å². The minimum Gasteiger partial charge on any atom is -0.497 e. The summed E-state index contributed by atoms with van der Waals surface area (Å²) in [5, 5.41) is 2.57. The van der Waals surface area contributed by atoms with E-state index in [0.29, 0.717) is 6.54 Å². The summed E-state index contributed by atoms with van der Waals surface area (Å²) < 4.78 is 5.16. The van der Waals surface area contributed by atoms with Crippen LogP contribution in [0.4, 0.5) is 0 Å². The fraction of sp³-hybridized carbons (Fsp3) is 0.235. The van der Waals surface area contributed by atoms with Crippen molar-refractivity contribution in [2.45, 2.75) is 6.54 Å². The fourth-order valence-electron chi connectivity index (χ4n) is 2.01. The van der Waals surface area contributed by atoms with Crippen LogP contribution in [0.5, 0.6) is 5.75 Å². The molecule has 120 valence electrons. The normalized spacial score (nSPS) is 10.0. The van der Waals surface area contributed by atoms with Crippen molar-refractivity contribution >= 4 is 11.8 Å². The van der Waals surface area contributed by atoms with Crippen molar-refractivity contribution in [1.29, 1.82) is 0 Å². The van der Waals surface area contributed by atoms with Crippen molar-refractivity contribution in [3.63, 3.8) is 0 Å². The molecule has 2 aromatic rings. The molecule has 6 nitrogen and oxygen atoms in total. The first-order chi connectivity index (χ1) is 11.1. The summed E-state index contributed by atoms with van der Waals surface area (Å²) in [6.45, 7) is 0.366. The van der Waals surface area contributed by atoms with E-state index in [1.165, 1.54) is 6.20 Å². The van der Waals surface area contributed by atoms with Crippen molar-refractivity contribution in [2.24, 2.45) is 0 Å². The van der Waals surface area contributed by atoms with Gasteiger partial charge in [0.2, 0.25) is 5.91 Å². The second-order valence-electron chi connectivity index (χ2n) is 5.00. The van der Waals surface area contributed by atoms with Gasteiger partial charge in [0.15, 0.2) is 0 Å². The summed E-state index contributed by atoms with van der Waals surface area (Å²) in [5.74, 6) is 0.192. The molecule has 0 saturated heterocycles. The Hall–Kier alpha value is -2.89. The highest BCUT2D eigenvalue weighted by molar-refractivity contribution is 5.94. The molecule has 0 spiro atoms. The van der Waals surface area contributed by atoms with E-state index in [1.807, 2.05) is 24.3 Å². The molecule has 1 heterocycles. The zero-order chi connectivity index (χ0) is 16.7. The summed E-state index contributed by atoms with van der Waals surface area (Å²) >= 11 is 0. The van der Waals surface area contributed by atoms with Crippen LogP contribution >= 0.6 is 0 Å². The van der Waals surface area contributed by atoms with Gasteiger partial charge in [-0.3, -0.25) is 14.6 Å². The predicted octanol–water partition coefficient (Wildman–Crippen LogP) is 1.48. The summed E-state index contributed by atoms with van der Waals surface area (Å²) in [6, 6.07) is 12.5. The molecule has 0 aliphatic heterocycles. The molecule has 0 fully saturated rings. The number of rotatable bonds is 6. The number of ether oxygens (including phenoxy) is 1. The van der Waals surface area contributed by atoms with Gasteiger partial charge in [-0.1, -0.05) is 18.2 Å². The molecule has 1 N–H and O–H groups in total. The highest BCUT2D eigenvalue weighted by Crippen LogP contribution is 2.13. The SMILES string of the molecule is COc1cccc(CN(C)C(=O)CNC(=O)c2ccccn2)c1. The van der Waals surface area contributed by atoms with E-state index in [9.17, 15) is 9.59 Å². The Labute approximate surface area is 135 Å². The highest BCUT2D eigenvalue weighted by Gasteiger charge is 2.12. The lowest BCUT2D eigenvalue weighted by Crippen LogP contribution is -2.38. The third kappa shape index (κ3) is 4.81. The van der Waals surface area contributed by atoms with Gasteiger partial charge in [-0.2, -0.15) is 0 Å². The number of aromatic nitrogens is 1. The van der Waals surface area contributed by atoms with E-state index in [2.05, 4.69) is 10.3 Å². The largest absolute Gasteiger partial charge is 0.497 e.